The number of rotatable bonds is 4. The first-order valence-corrected chi connectivity index (χ1v) is 10.3. The van der Waals surface area contributed by atoms with E-state index in [1.807, 2.05) is 13.8 Å². The van der Waals surface area contributed by atoms with Crippen molar-refractivity contribution in [1.82, 2.24) is 19.5 Å². The van der Waals surface area contributed by atoms with Crippen LogP contribution in [0.4, 0.5) is 0 Å². The van der Waals surface area contributed by atoms with Crippen LogP contribution in [0.25, 0.3) is 0 Å². The standard InChI is InChI=1S/C13H16Cl2N4O2S2/c1-7(2)12-16-13-8(4-3-5-19(13)17-12)18-23(20,21)9-6-10(14)22-11(9)15/h6-8,18H,3-5H2,1-2H3/t8-/m1/s1. The van der Waals surface area contributed by atoms with Crippen LogP contribution in [-0.2, 0) is 16.6 Å². The lowest BCUT2D eigenvalue weighted by molar-refractivity contribution is 0.399. The van der Waals surface area contributed by atoms with Crippen molar-refractivity contribution in [2.24, 2.45) is 0 Å². The highest BCUT2D eigenvalue weighted by atomic mass is 35.5. The summed E-state index contributed by atoms with van der Waals surface area (Å²) in [5.74, 6) is 1.57. The molecule has 0 unspecified atom stereocenters. The fraction of sp³-hybridized carbons (Fsp3) is 0.538. The number of nitrogens with one attached hydrogen (secondary N) is 1. The van der Waals surface area contributed by atoms with Crippen LogP contribution in [0.5, 0.6) is 0 Å². The molecule has 23 heavy (non-hydrogen) atoms. The Morgan fingerprint density at radius 1 is 1.43 bits per heavy atom. The lowest BCUT2D eigenvalue weighted by Gasteiger charge is -2.22. The highest BCUT2D eigenvalue weighted by molar-refractivity contribution is 7.89. The first kappa shape index (κ1) is 17.2. The quantitative estimate of drug-likeness (QED) is 0.859. The second-order valence-corrected chi connectivity index (χ2v) is 9.68. The van der Waals surface area contributed by atoms with Crippen LogP contribution in [-0.4, -0.2) is 23.2 Å². The number of fused-ring (bicyclic) bond motifs is 1. The van der Waals surface area contributed by atoms with Gasteiger partial charge in [0.15, 0.2) is 5.82 Å². The molecule has 1 aliphatic heterocycles. The van der Waals surface area contributed by atoms with Crippen LogP contribution in [0.2, 0.25) is 8.67 Å². The van der Waals surface area contributed by atoms with E-state index in [2.05, 4.69) is 14.8 Å². The molecule has 2 aromatic heterocycles. The average Bonchev–Trinajstić information content (AvgIpc) is 3.02. The maximum Gasteiger partial charge on any atom is 0.243 e. The first-order chi connectivity index (χ1) is 10.8. The second kappa shape index (κ2) is 6.33. The minimum Gasteiger partial charge on any atom is -0.248 e. The number of nitrogens with zero attached hydrogens (tertiary/aromatic N) is 3. The van der Waals surface area contributed by atoms with E-state index in [9.17, 15) is 8.42 Å². The summed E-state index contributed by atoms with van der Waals surface area (Å²) >= 11 is 12.9. The zero-order valence-corrected chi connectivity index (χ0v) is 15.7. The average molecular weight is 395 g/mol. The third-order valence-electron chi connectivity index (χ3n) is 3.62. The summed E-state index contributed by atoms with van der Waals surface area (Å²) in [4.78, 5) is 4.51. The molecule has 0 aromatic carbocycles. The molecule has 3 heterocycles. The molecule has 0 bridgehead atoms. The van der Waals surface area contributed by atoms with Gasteiger partial charge in [-0.05, 0) is 18.9 Å². The van der Waals surface area contributed by atoms with E-state index >= 15 is 0 Å². The van der Waals surface area contributed by atoms with E-state index in [1.165, 1.54) is 6.07 Å². The predicted molar refractivity (Wildman–Crippen MR) is 90.7 cm³/mol. The largest absolute Gasteiger partial charge is 0.248 e. The molecule has 0 radical (unpaired) electrons. The summed E-state index contributed by atoms with van der Waals surface area (Å²) in [6, 6.07) is 0.952. The lowest BCUT2D eigenvalue weighted by atomic mass is 10.1. The SMILES string of the molecule is CC(C)c1nc2n(n1)CCC[C@H]2NS(=O)(=O)c1cc(Cl)sc1Cl. The number of halogens is 2. The zero-order valence-electron chi connectivity index (χ0n) is 12.6. The molecule has 1 atom stereocenters. The third kappa shape index (κ3) is 3.41. The molecule has 2 aromatic rings. The van der Waals surface area contributed by atoms with Crippen LogP contribution < -0.4 is 4.72 Å². The summed E-state index contributed by atoms with van der Waals surface area (Å²) in [7, 11) is -3.76. The van der Waals surface area contributed by atoms with Crippen LogP contribution in [0.1, 0.15) is 50.3 Å². The van der Waals surface area contributed by atoms with E-state index < -0.39 is 16.1 Å². The van der Waals surface area contributed by atoms with Gasteiger partial charge in [0.2, 0.25) is 10.0 Å². The Morgan fingerprint density at radius 2 is 2.17 bits per heavy atom. The Hall–Kier alpha value is -0.670. The van der Waals surface area contributed by atoms with Gasteiger partial charge in [-0.3, -0.25) is 0 Å². The van der Waals surface area contributed by atoms with Gasteiger partial charge in [0.25, 0.3) is 0 Å². The Labute approximate surface area is 148 Å². The second-order valence-electron chi connectivity index (χ2n) is 5.71. The van der Waals surface area contributed by atoms with Gasteiger partial charge in [0, 0.05) is 12.5 Å². The van der Waals surface area contributed by atoms with Crippen LogP contribution in [0.15, 0.2) is 11.0 Å². The molecule has 6 nitrogen and oxygen atoms in total. The zero-order chi connectivity index (χ0) is 16.8. The summed E-state index contributed by atoms with van der Waals surface area (Å²) in [5, 5.41) is 4.45. The fourth-order valence-electron chi connectivity index (χ4n) is 2.48. The lowest BCUT2D eigenvalue weighted by Crippen LogP contribution is -2.33. The van der Waals surface area contributed by atoms with Gasteiger partial charge in [0.05, 0.1) is 10.4 Å². The molecule has 0 aliphatic carbocycles. The highest BCUT2D eigenvalue weighted by Crippen LogP contribution is 2.35. The number of sulfonamides is 1. The van der Waals surface area contributed by atoms with Gasteiger partial charge in [0.1, 0.15) is 15.1 Å². The molecular weight excluding hydrogens is 379 g/mol. The maximum absolute atomic E-state index is 12.6. The molecule has 0 fully saturated rings. The molecule has 0 saturated carbocycles. The topological polar surface area (TPSA) is 76.9 Å². The Kier molecular flexibility index (Phi) is 4.72. The van der Waals surface area contributed by atoms with Crippen LogP contribution in [0, 0.1) is 0 Å². The Morgan fingerprint density at radius 3 is 2.78 bits per heavy atom. The van der Waals surface area contributed by atoms with Gasteiger partial charge in [-0.15, -0.1) is 11.3 Å². The molecule has 10 heteroatoms. The highest BCUT2D eigenvalue weighted by Gasteiger charge is 2.31. The summed E-state index contributed by atoms with van der Waals surface area (Å²) in [6.07, 6.45) is 1.50. The molecule has 1 N–H and O–H groups in total. The number of hydrogen-bond acceptors (Lipinski definition) is 5. The molecule has 0 spiro atoms. The monoisotopic (exact) mass is 394 g/mol. The van der Waals surface area contributed by atoms with Crippen LogP contribution >= 0.6 is 34.5 Å². The van der Waals surface area contributed by atoms with E-state index in [-0.39, 0.29) is 15.1 Å². The summed E-state index contributed by atoms with van der Waals surface area (Å²) < 4.78 is 30.1. The van der Waals surface area contributed by atoms with E-state index in [0.29, 0.717) is 16.6 Å². The van der Waals surface area contributed by atoms with Crippen molar-refractivity contribution in [2.45, 2.75) is 50.1 Å². The predicted octanol–water partition coefficient (Wildman–Crippen LogP) is 3.58. The maximum atomic E-state index is 12.6. The molecular formula is C13H16Cl2N4O2S2. The first-order valence-electron chi connectivity index (χ1n) is 7.19. The van der Waals surface area contributed by atoms with Gasteiger partial charge in [-0.1, -0.05) is 37.0 Å². The Balaban J connectivity index is 1.91. The van der Waals surface area contributed by atoms with Crippen molar-refractivity contribution < 1.29 is 8.42 Å². The number of aromatic nitrogens is 3. The van der Waals surface area contributed by atoms with Crippen molar-refractivity contribution in [2.75, 3.05) is 0 Å². The van der Waals surface area contributed by atoms with Gasteiger partial charge < -0.3 is 0 Å². The van der Waals surface area contributed by atoms with Crippen molar-refractivity contribution >= 4 is 44.6 Å². The molecule has 126 valence electrons. The molecule has 0 amide bonds. The molecule has 3 rings (SSSR count). The van der Waals surface area contributed by atoms with Crippen molar-refractivity contribution in [3.63, 3.8) is 0 Å². The van der Waals surface area contributed by atoms with Gasteiger partial charge >= 0.3 is 0 Å². The van der Waals surface area contributed by atoms with Crippen molar-refractivity contribution in [3.05, 3.63) is 26.4 Å². The van der Waals surface area contributed by atoms with Gasteiger partial charge in [-0.25, -0.2) is 22.8 Å². The molecule has 1 aliphatic rings. The van der Waals surface area contributed by atoms with E-state index in [1.54, 1.807) is 4.68 Å². The van der Waals surface area contributed by atoms with Crippen molar-refractivity contribution in [1.29, 1.82) is 0 Å². The van der Waals surface area contributed by atoms with E-state index in [4.69, 9.17) is 23.2 Å². The van der Waals surface area contributed by atoms with Crippen LogP contribution in [0.3, 0.4) is 0 Å². The van der Waals surface area contributed by atoms with E-state index in [0.717, 1.165) is 30.1 Å². The van der Waals surface area contributed by atoms with Gasteiger partial charge in [-0.2, -0.15) is 5.10 Å². The smallest absolute Gasteiger partial charge is 0.243 e. The molecule has 0 saturated heterocycles. The summed E-state index contributed by atoms with van der Waals surface area (Å²) in [6.45, 7) is 4.76. The number of thiophene rings is 1. The summed E-state index contributed by atoms with van der Waals surface area (Å²) in [5.41, 5.74) is 0. The number of hydrogen-bond donors (Lipinski definition) is 1. The minimum atomic E-state index is -3.76. The Bertz CT molecular complexity index is 829. The minimum absolute atomic E-state index is 0.00916. The fourth-order valence-corrected chi connectivity index (χ4v) is 5.86. The van der Waals surface area contributed by atoms with Crippen molar-refractivity contribution in [3.8, 4) is 0 Å². The third-order valence-corrected chi connectivity index (χ3v) is 6.84. The normalized spacial score (nSPS) is 18.4. The number of aryl methyl sites for hydroxylation is 1.